The van der Waals surface area contributed by atoms with Gasteiger partial charge in [-0.05, 0) is 37.1 Å². The maximum absolute atomic E-state index is 14.2. The molecule has 0 bridgehead atoms. The second kappa shape index (κ2) is 8.35. The number of amides is 1. The predicted molar refractivity (Wildman–Crippen MR) is 106 cm³/mol. The molecule has 0 aliphatic rings. The molecular formula is C19H20ClFN6O. The Kier molecular flexibility index (Phi) is 5.89. The highest BCUT2D eigenvalue weighted by molar-refractivity contribution is 6.31. The van der Waals surface area contributed by atoms with Crippen LogP contribution >= 0.6 is 11.6 Å². The lowest BCUT2D eigenvalue weighted by molar-refractivity contribution is -0.111. The molecular weight excluding hydrogens is 383 g/mol. The lowest BCUT2D eigenvalue weighted by atomic mass is 10.2. The number of nitrogens with zero attached hydrogens (tertiary/aromatic N) is 5. The molecule has 3 rings (SSSR count). The van der Waals surface area contributed by atoms with Crippen LogP contribution < -0.4 is 5.32 Å². The van der Waals surface area contributed by atoms with E-state index in [1.54, 1.807) is 16.8 Å². The summed E-state index contributed by atoms with van der Waals surface area (Å²) in [7, 11) is 0. The molecule has 1 aromatic carbocycles. The van der Waals surface area contributed by atoms with Crippen LogP contribution in [0.2, 0.25) is 5.15 Å². The number of hydrogen-bond donors (Lipinski definition) is 1. The summed E-state index contributed by atoms with van der Waals surface area (Å²) in [6.45, 7) is 6.67. The molecule has 0 aliphatic carbocycles. The third-order valence-corrected chi connectivity index (χ3v) is 4.33. The van der Waals surface area contributed by atoms with Crippen molar-refractivity contribution in [3.63, 3.8) is 0 Å². The average molecular weight is 403 g/mol. The number of aryl methyl sites for hydroxylation is 1. The van der Waals surface area contributed by atoms with E-state index in [0.29, 0.717) is 28.9 Å². The highest BCUT2D eigenvalue weighted by atomic mass is 35.5. The van der Waals surface area contributed by atoms with Crippen LogP contribution in [0.15, 0.2) is 36.9 Å². The zero-order valence-electron chi connectivity index (χ0n) is 15.7. The Morgan fingerprint density at radius 3 is 2.82 bits per heavy atom. The van der Waals surface area contributed by atoms with Crippen LogP contribution in [-0.4, -0.2) is 30.5 Å². The molecule has 9 heteroatoms. The van der Waals surface area contributed by atoms with Crippen LogP contribution in [0.1, 0.15) is 25.1 Å². The van der Waals surface area contributed by atoms with Crippen molar-refractivity contribution in [1.82, 2.24) is 24.5 Å². The Balaban J connectivity index is 1.71. The monoisotopic (exact) mass is 402 g/mol. The first-order chi connectivity index (χ1) is 13.3. The van der Waals surface area contributed by atoms with E-state index >= 15 is 0 Å². The summed E-state index contributed by atoms with van der Waals surface area (Å²) in [5.74, 6) is -0.534. The molecule has 0 radical (unpaired) electrons. The van der Waals surface area contributed by atoms with Crippen molar-refractivity contribution in [3.05, 3.63) is 59.2 Å². The number of anilines is 1. The van der Waals surface area contributed by atoms with Gasteiger partial charge >= 0.3 is 0 Å². The van der Waals surface area contributed by atoms with Crippen molar-refractivity contribution in [1.29, 1.82) is 0 Å². The Morgan fingerprint density at radius 1 is 1.39 bits per heavy atom. The maximum atomic E-state index is 14.2. The average Bonchev–Trinajstić information content (AvgIpc) is 3.23. The first kappa shape index (κ1) is 19.8. The third-order valence-electron chi connectivity index (χ3n) is 3.93. The van der Waals surface area contributed by atoms with Crippen LogP contribution in [0.3, 0.4) is 0 Å². The molecule has 0 fully saturated rings. The first-order valence-electron chi connectivity index (χ1n) is 8.71. The first-order valence-corrected chi connectivity index (χ1v) is 9.09. The van der Waals surface area contributed by atoms with Gasteiger partial charge in [0.2, 0.25) is 5.91 Å². The van der Waals surface area contributed by atoms with Gasteiger partial charge in [-0.3, -0.25) is 9.48 Å². The zero-order chi connectivity index (χ0) is 20.3. The summed E-state index contributed by atoms with van der Waals surface area (Å²) in [6.07, 6.45) is 5.66. The summed E-state index contributed by atoms with van der Waals surface area (Å²) < 4.78 is 17.3. The fourth-order valence-electron chi connectivity index (χ4n) is 2.67. The van der Waals surface area contributed by atoms with E-state index < -0.39 is 11.7 Å². The van der Waals surface area contributed by atoms with Crippen LogP contribution in [0.5, 0.6) is 0 Å². The van der Waals surface area contributed by atoms with Gasteiger partial charge in [0.15, 0.2) is 5.82 Å². The minimum Gasteiger partial charge on any atom is -0.322 e. The maximum Gasteiger partial charge on any atom is 0.248 e. The van der Waals surface area contributed by atoms with E-state index in [9.17, 15) is 9.18 Å². The predicted octanol–water partition coefficient (Wildman–Crippen LogP) is 3.87. The smallest absolute Gasteiger partial charge is 0.248 e. The second-order valence-electron chi connectivity index (χ2n) is 6.69. The molecule has 2 heterocycles. The number of hydrogen-bond acceptors (Lipinski definition) is 4. The molecule has 3 aromatic rings. The molecule has 7 nitrogen and oxygen atoms in total. The lowest BCUT2D eigenvalue weighted by Crippen LogP contribution is -2.09. The summed E-state index contributed by atoms with van der Waals surface area (Å²) >= 11 is 6.36. The van der Waals surface area contributed by atoms with Gasteiger partial charge in [0.05, 0.1) is 5.69 Å². The molecule has 2 aromatic heterocycles. The number of carbonyl (C=O) groups is 1. The Labute approximate surface area is 166 Å². The molecule has 0 unspecified atom stereocenters. The van der Waals surface area contributed by atoms with Gasteiger partial charge in [0.25, 0.3) is 0 Å². The number of aromatic nitrogens is 5. The van der Waals surface area contributed by atoms with Crippen molar-refractivity contribution in [2.24, 2.45) is 5.92 Å². The molecule has 0 saturated carbocycles. The largest absolute Gasteiger partial charge is 0.322 e. The van der Waals surface area contributed by atoms with Gasteiger partial charge in [-0.25, -0.2) is 14.1 Å². The number of halogens is 2. The lowest BCUT2D eigenvalue weighted by Gasteiger charge is -2.06. The van der Waals surface area contributed by atoms with Crippen molar-refractivity contribution in [2.45, 2.75) is 27.3 Å². The van der Waals surface area contributed by atoms with Crippen molar-refractivity contribution >= 4 is 29.3 Å². The van der Waals surface area contributed by atoms with Gasteiger partial charge in [0.1, 0.15) is 23.5 Å². The molecule has 28 heavy (non-hydrogen) atoms. The number of carbonyl (C=O) groups excluding carboxylic acids is 1. The molecule has 1 N–H and O–H groups in total. The van der Waals surface area contributed by atoms with E-state index in [4.69, 9.17) is 11.6 Å². The molecule has 0 saturated heterocycles. The fourth-order valence-corrected chi connectivity index (χ4v) is 2.98. The molecule has 0 atom stereocenters. The van der Waals surface area contributed by atoms with Gasteiger partial charge in [-0.15, -0.1) is 0 Å². The second-order valence-corrected chi connectivity index (χ2v) is 7.05. The highest BCUT2D eigenvalue weighted by Crippen LogP contribution is 2.22. The van der Waals surface area contributed by atoms with E-state index in [0.717, 1.165) is 5.69 Å². The standard InChI is InChI=1S/C19H20ClFN6O/c1-12(2)9-26-19(20)15(13(3)25-26)5-7-18(28)24-14-4-6-17(16(21)8-14)27-11-22-10-23-27/h4-8,10-12H,9H2,1-3H3,(H,24,28)/b7-5+. The summed E-state index contributed by atoms with van der Waals surface area (Å²) in [5.41, 5.74) is 1.99. The van der Waals surface area contributed by atoms with Crippen LogP contribution in [0, 0.1) is 18.7 Å². The Morgan fingerprint density at radius 2 is 2.18 bits per heavy atom. The Bertz CT molecular complexity index is 1010. The third kappa shape index (κ3) is 4.45. The molecule has 1 amide bonds. The number of nitrogens with one attached hydrogen (secondary N) is 1. The zero-order valence-corrected chi connectivity index (χ0v) is 16.5. The van der Waals surface area contributed by atoms with Gasteiger partial charge in [-0.1, -0.05) is 25.4 Å². The molecule has 0 spiro atoms. The van der Waals surface area contributed by atoms with Crippen LogP contribution in [-0.2, 0) is 11.3 Å². The minimum absolute atomic E-state index is 0.242. The van der Waals surface area contributed by atoms with E-state index in [-0.39, 0.29) is 5.69 Å². The summed E-state index contributed by atoms with van der Waals surface area (Å²) in [6, 6.07) is 4.33. The van der Waals surface area contributed by atoms with Gasteiger partial charge in [-0.2, -0.15) is 10.2 Å². The van der Waals surface area contributed by atoms with E-state index in [2.05, 4.69) is 34.3 Å². The van der Waals surface area contributed by atoms with Crippen LogP contribution in [0.4, 0.5) is 10.1 Å². The molecule has 0 aliphatic heterocycles. The van der Waals surface area contributed by atoms with Crippen LogP contribution in [0.25, 0.3) is 11.8 Å². The van der Waals surface area contributed by atoms with E-state index in [1.165, 1.54) is 35.5 Å². The quantitative estimate of drug-likeness (QED) is 0.635. The summed E-state index contributed by atoms with van der Waals surface area (Å²) in [4.78, 5) is 16.0. The van der Waals surface area contributed by atoms with Crippen molar-refractivity contribution in [3.8, 4) is 5.69 Å². The number of benzene rings is 1. The Hall–Kier alpha value is -3.00. The molecule has 146 valence electrons. The van der Waals surface area contributed by atoms with E-state index in [1.807, 2.05) is 6.92 Å². The fraction of sp³-hybridized carbons (Fsp3) is 0.263. The summed E-state index contributed by atoms with van der Waals surface area (Å²) in [5, 5.41) is 11.4. The SMILES string of the molecule is Cc1nn(CC(C)C)c(Cl)c1/C=C/C(=O)Nc1ccc(-n2cncn2)c(F)c1. The normalized spacial score (nSPS) is 11.5. The topological polar surface area (TPSA) is 77.6 Å². The van der Waals surface area contributed by atoms with Crippen molar-refractivity contribution < 1.29 is 9.18 Å². The van der Waals surface area contributed by atoms with Crippen molar-refractivity contribution in [2.75, 3.05) is 5.32 Å². The highest BCUT2D eigenvalue weighted by Gasteiger charge is 2.13. The number of rotatable bonds is 6. The minimum atomic E-state index is -0.527. The van der Waals surface area contributed by atoms with Gasteiger partial charge in [0, 0.05) is 23.9 Å². The van der Waals surface area contributed by atoms with Gasteiger partial charge < -0.3 is 5.32 Å².